The van der Waals surface area contributed by atoms with E-state index >= 15 is 0 Å². The molecule has 1 aliphatic rings. The van der Waals surface area contributed by atoms with Gasteiger partial charge in [0, 0.05) is 6.04 Å². The van der Waals surface area contributed by atoms with E-state index < -0.39 is 0 Å². The molecule has 1 atom stereocenters. The first-order chi connectivity index (χ1) is 9.61. The van der Waals surface area contributed by atoms with Gasteiger partial charge in [0.15, 0.2) is 0 Å². The Hall–Kier alpha value is -0.890. The summed E-state index contributed by atoms with van der Waals surface area (Å²) < 4.78 is 13.8. The minimum absolute atomic E-state index is 0.0573. The zero-order valence-corrected chi connectivity index (χ0v) is 13.1. The van der Waals surface area contributed by atoms with Crippen molar-refractivity contribution in [1.82, 2.24) is 5.32 Å². The molecule has 0 spiro atoms. The van der Waals surface area contributed by atoms with Crippen LogP contribution in [0.3, 0.4) is 0 Å². The molecule has 1 aromatic rings. The van der Waals surface area contributed by atoms with E-state index in [1.807, 2.05) is 33.0 Å². The van der Waals surface area contributed by atoms with Gasteiger partial charge in [-0.15, -0.1) is 0 Å². The van der Waals surface area contributed by atoms with Crippen LogP contribution in [0.15, 0.2) is 12.1 Å². The third kappa shape index (κ3) is 3.82. The number of nitrogens with one attached hydrogen (secondary N) is 1. The number of rotatable bonds is 4. The van der Waals surface area contributed by atoms with Crippen LogP contribution in [0.1, 0.15) is 67.7 Å². The second-order valence-corrected chi connectivity index (χ2v) is 6.40. The zero-order valence-electron chi connectivity index (χ0n) is 13.1. The Bertz CT molecular complexity index is 410. The van der Waals surface area contributed by atoms with Crippen molar-refractivity contribution in [2.24, 2.45) is 5.92 Å². The average Bonchev–Trinajstić information content (AvgIpc) is 2.70. The molecule has 0 radical (unpaired) electrons. The highest BCUT2D eigenvalue weighted by Gasteiger charge is 2.19. The maximum Gasteiger partial charge on any atom is 0.129 e. The fourth-order valence-corrected chi connectivity index (χ4v) is 3.53. The van der Waals surface area contributed by atoms with Crippen molar-refractivity contribution in [3.05, 3.63) is 34.6 Å². The Labute approximate surface area is 123 Å². The molecule has 20 heavy (non-hydrogen) atoms. The van der Waals surface area contributed by atoms with Crippen molar-refractivity contribution in [2.45, 2.75) is 64.8 Å². The molecular weight excluding hydrogens is 249 g/mol. The first-order valence-corrected chi connectivity index (χ1v) is 8.05. The Kier molecular flexibility index (Phi) is 5.59. The standard InChI is InChI=1S/C18H28FN/c1-13-10-16(11-14(2)18(13)19)17(20-3)12-15-8-6-4-5-7-9-15/h10-11,15,17,20H,4-9,12H2,1-3H3. The maximum atomic E-state index is 13.8. The molecule has 1 N–H and O–H groups in total. The molecule has 1 saturated carbocycles. The second kappa shape index (κ2) is 7.21. The molecule has 2 heteroatoms. The largest absolute Gasteiger partial charge is 0.313 e. The van der Waals surface area contributed by atoms with Crippen molar-refractivity contribution >= 4 is 0 Å². The summed E-state index contributed by atoms with van der Waals surface area (Å²) in [4.78, 5) is 0. The topological polar surface area (TPSA) is 12.0 Å². The summed E-state index contributed by atoms with van der Waals surface area (Å²) in [5.41, 5.74) is 2.77. The molecule has 1 aromatic carbocycles. The van der Waals surface area contributed by atoms with Crippen LogP contribution in [0.25, 0.3) is 0 Å². The molecule has 0 saturated heterocycles. The molecule has 112 valence electrons. The molecule has 1 fully saturated rings. The molecule has 0 heterocycles. The SMILES string of the molecule is CNC(CC1CCCCCC1)c1cc(C)c(F)c(C)c1. The van der Waals surface area contributed by atoms with E-state index in [4.69, 9.17) is 0 Å². The van der Waals surface area contributed by atoms with Crippen molar-refractivity contribution < 1.29 is 4.39 Å². The highest BCUT2D eigenvalue weighted by Crippen LogP contribution is 2.32. The van der Waals surface area contributed by atoms with E-state index in [1.165, 1.54) is 50.5 Å². The lowest BCUT2D eigenvalue weighted by Gasteiger charge is -2.23. The van der Waals surface area contributed by atoms with Gasteiger partial charge in [-0.3, -0.25) is 0 Å². The third-order valence-electron chi connectivity index (χ3n) is 4.75. The predicted molar refractivity (Wildman–Crippen MR) is 83.5 cm³/mol. The lowest BCUT2D eigenvalue weighted by molar-refractivity contribution is 0.367. The van der Waals surface area contributed by atoms with Crippen molar-refractivity contribution in [1.29, 1.82) is 0 Å². The van der Waals surface area contributed by atoms with Crippen LogP contribution in [0.4, 0.5) is 4.39 Å². The van der Waals surface area contributed by atoms with E-state index in [9.17, 15) is 4.39 Å². The monoisotopic (exact) mass is 277 g/mol. The summed E-state index contributed by atoms with van der Waals surface area (Å²) in [6.07, 6.45) is 9.45. The number of hydrogen-bond acceptors (Lipinski definition) is 1. The van der Waals surface area contributed by atoms with E-state index in [1.54, 1.807) is 0 Å². The van der Waals surface area contributed by atoms with Crippen LogP contribution in [0.5, 0.6) is 0 Å². The summed E-state index contributed by atoms with van der Waals surface area (Å²) in [6.45, 7) is 3.73. The van der Waals surface area contributed by atoms with Gasteiger partial charge in [-0.05, 0) is 49.9 Å². The number of halogens is 1. The lowest BCUT2D eigenvalue weighted by atomic mass is 9.88. The molecule has 0 aromatic heterocycles. The number of aryl methyl sites for hydroxylation is 2. The molecule has 1 aliphatic carbocycles. The van der Waals surface area contributed by atoms with Gasteiger partial charge >= 0.3 is 0 Å². The number of hydrogen-bond donors (Lipinski definition) is 1. The smallest absolute Gasteiger partial charge is 0.129 e. The molecule has 0 bridgehead atoms. The quantitative estimate of drug-likeness (QED) is 0.758. The molecule has 1 nitrogen and oxygen atoms in total. The summed E-state index contributed by atoms with van der Waals surface area (Å²) in [5, 5.41) is 3.44. The van der Waals surface area contributed by atoms with Gasteiger partial charge in [0.05, 0.1) is 0 Å². The third-order valence-corrected chi connectivity index (χ3v) is 4.75. The Morgan fingerprint density at radius 2 is 1.65 bits per heavy atom. The molecule has 0 aliphatic heterocycles. The maximum absolute atomic E-state index is 13.8. The predicted octanol–water partition coefficient (Wildman–Crippen LogP) is 5.06. The van der Waals surface area contributed by atoms with Gasteiger partial charge in [-0.1, -0.05) is 50.7 Å². The van der Waals surface area contributed by atoms with Crippen molar-refractivity contribution in [2.75, 3.05) is 7.05 Å². The minimum atomic E-state index is -0.0573. The molecule has 1 unspecified atom stereocenters. The van der Waals surface area contributed by atoms with E-state index in [-0.39, 0.29) is 5.82 Å². The van der Waals surface area contributed by atoms with Crippen molar-refractivity contribution in [3.63, 3.8) is 0 Å². The Morgan fingerprint density at radius 1 is 1.10 bits per heavy atom. The lowest BCUT2D eigenvalue weighted by Crippen LogP contribution is -2.20. The Balaban J connectivity index is 2.11. The van der Waals surface area contributed by atoms with Crippen LogP contribution in [-0.4, -0.2) is 7.05 Å². The van der Waals surface area contributed by atoms with Crippen LogP contribution < -0.4 is 5.32 Å². The first-order valence-electron chi connectivity index (χ1n) is 8.05. The van der Waals surface area contributed by atoms with Gasteiger partial charge in [-0.2, -0.15) is 0 Å². The molecule has 2 rings (SSSR count). The normalized spacial score (nSPS) is 18.8. The van der Waals surface area contributed by atoms with Crippen LogP contribution in [0.2, 0.25) is 0 Å². The first kappa shape index (κ1) is 15.5. The van der Waals surface area contributed by atoms with E-state index in [0.29, 0.717) is 6.04 Å². The summed E-state index contributed by atoms with van der Waals surface area (Å²) in [6, 6.07) is 4.39. The minimum Gasteiger partial charge on any atom is -0.313 e. The molecule has 0 amide bonds. The summed E-state index contributed by atoms with van der Waals surface area (Å²) in [7, 11) is 2.02. The fourth-order valence-electron chi connectivity index (χ4n) is 3.53. The fraction of sp³-hybridized carbons (Fsp3) is 0.667. The van der Waals surface area contributed by atoms with Gasteiger partial charge in [0.2, 0.25) is 0 Å². The summed E-state index contributed by atoms with van der Waals surface area (Å²) in [5.74, 6) is 0.763. The molecular formula is C18H28FN. The van der Waals surface area contributed by atoms with Crippen LogP contribution in [-0.2, 0) is 0 Å². The van der Waals surface area contributed by atoms with Crippen LogP contribution >= 0.6 is 0 Å². The van der Waals surface area contributed by atoms with Gasteiger partial charge in [0.1, 0.15) is 5.82 Å². The van der Waals surface area contributed by atoms with E-state index in [2.05, 4.69) is 5.32 Å². The number of benzene rings is 1. The highest BCUT2D eigenvalue weighted by atomic mass is 19.1. The zero-order chi connectivity index (χ0) is 14.5. The second-order valence-electron chi connectivity index (χ2n) is 6.40. The van der Waals surface area contributed by atoms with Crippen molar-refractivity contribution in [3.8, 4) is 0 Å². The van der Waals surface area contributed by atoms with Gasteiger partial charge in [-0.25, -0.2) is 4.39 Å². The summed E-state index contributed by atoms with van der Waals surface area (Å²) >= 11 is 0. The average molecular weight is 277 g/mol. The highest BCUT2D eigenvalue weighted by molar-refractivity contribution is 5.32. The Morgan fingerprint density at radius 3 is 2.15 bits per heavy atom. The van der Waals surface area contributed by atoms with E-state index in [0.717, 1.165) is 17.0 Å². The van der Waals surface area contributed by atoms with Gasteiger partial charge in [0.25, 0.3) is 0 Å². The van der Waals surface area contributed by atoms with Gasteiger partial charge < -0.3 is 5.32 Å². The van der Waals surface area contributed by atoms with Crippen LogP contribution in [0, 0.1) is 25.6 Å².